The molecule has 0 aromatic heterocycles. The minimum Gasteiger partial charge on any atom is -0.396 e. The van der Waals surface area contributed by atoms with Gasteiger partial charge < -0.3 is 10.0 Å². The highest BCUT2D eigenvalue weighted by Gasteiger charge is 2.43. The lowest BCUT2D eigenvalue weighted by molar-refractivity contribution is -0.116. The zero-order valence-corrected chi connectivity index (χ0v) is 13.0. The molecule has 118 valence electrons. The van der Waals surface area contributed by atoms with Crippen molar-refractivity contribution < 1.29 is 14.7 Å². The second-order valence-corrected chi connectivity index (χ2v) is 5.74. The van der Waals surface area contributed by atoms with Crippen LogP contribution in [0, 0.1) is 0 Å². The summed E-state index contributed by atoms with van der Waals surface area (Å²) in [6.07, 6.45) is 0.429. The molecule has 23 heavy (non-hydrogen) atoms. The standard InChI is InChI=1S/C19H19NO3/c1-13(22)20-17-10-6-5-9-16(17)19(23)18(20)15(11-12-21)14-7-3-2-4-8-14/h2-10,15,18,21H,11-12H2,1H3/t15-,18+/m0/s1. The van der Waals surface area contributed by atoms with Crippen molar-refractivity contribution in [3.63, 3.8) is 0 Å². The normalized spacial score (nSPS) is 17.9. The van der Waals surface area contributed by atoms with E-state index in [2.05, 4.69) is 0 Å². The highest BCUT2D eigenvalue weighted by Crippen LogP contribution is 2.39. The fraction of sp³-hybridized carbons (Fsp3) is 0.263. The van der Waals surface area contributed by atoms with E-state index in [0.717, 1.165) is 5.56 Å². The van der Waals surface area contributed by atoms with E-state index in [1.54, 1.807) is 23.1 Å². The fourth-order valence-electron chi connectivity index (χ4n) is 3.39. The number of benzene rings is 2. The van der Waals surface area contributed by atoms with Gasteiger partial charge in [-0.15, -0.1) is 0 Å². The summed E-state index contributed by atoms with van der Waals surface area (Å²) >= 11 is 0. The van der Waals surface area contributed by atoms with Gasteiger partial charge in [0.15, 0.2) is 5.78 Å². The molecule has 1 aliphatic rings. The van der Waals surface area contributed by atoms with Crippen LogP contribution >= 0.6 is 0 Å². The van der Waals surface area contributed by atoms with E-state index in [-0.39, 0.29) is 24.2 Å². The van der Waals surface area contributed by atoms with Gasteiger partial charge in [-0.05, 0) is 24.1 Å². The second-order valence-electron chi connectivity index (χ2n) is 5.74. The van der Waals surface area contributed by atoms with Crippen LogP contribution in [0.15, 0.2) is 54.6 Å². The van der Waals surface area contributed by atoms with Crippen LogP contribution in [0.4, 0.5) is 5.69 Å². The van der Waals surface area contributed by atoms with Gasteiger partial charge in [0.25, 0.3) is 0 Å². The van der Waals surface area contributed by atoms with E-state index in [1.807, 2.05) is 36.4 Å². The maximum Gasteiger partial charge on any atom is 0.224 e. The first-order valence-corrected chi connectivity index (χ1v) is 7.74. The van der Waals surface area contributed by atoms with Crippen molar-refractivity contribution in [3.05, 3.63) is 65.7 Å². The van der Waals surface area contributed by atoms with Gasteiger partial charge in [-0.2, -0.15) is 0 Å². The summed E-state index contributed by atoms with van der Waals surface area (Å²) in [6, 6.07) is 16.2. The Labute approximate surface area is 135 Å². The summed E-state index contributed by atoms with van der Waals surface area (Å²) in [5, 5.41) is 9.47. The highest BCUT2D eigenvalue weighted by molar-refractivity contribution is 6.17. The smallest absolute Gasteiger partial charge is 0.224 e. The van der Waals surface area contributed by atoms with Crippen LogP contribution in [-0.4, -0.2) is 29.4 Å². The molecule has 0 radical (unpaired) electrons. The number of nitrogens with zero attached hydrogens (tertiary/aromatic N) is 1. The number of aliphatic hydroxyl groups is 1. The van der Waals surface area contributed by atoms with E-state index < -0.39 is 6.04 Å². The van der Waals surface area contributed by atoms with Crippen molar-refractivity contribution in [2.45, 2.75) is 25.3 Å². The van der Waals surface area contributed by atoms with Crippen LogP contribution in [0.3, 0.4) is 0 Å². The minimum atomic E-state index is -0.598. The average molecular weight is 309 g/mol. The molecule has 2 aromatic rings. The molecule has 1 aliphatic heterocycles. The Kier molecular flexibility index (Phi) is 4.26. The summed E-state index contributed by atoms with van der Waals surface area (Å²) < 4.78 is 0. The first kappa shape index (κ1) is 15.4. The van der Waals surface area contributed by atoms with Gasteiger partial charge in [-0.1, -0.05) is 42.5 Å². The molecule has 3 rings (SSSR count). The number of aliphatic hydroxyl groups excluding tert-OH is 1. The predicted octanol–water partition coefficient (Wildman–Crippen LogP) is 2.77. The molecule has 0 spiro atoms. The third kappa shape index (κ3) is 2.66. The molecule has 1 N–H and O–H groups in total. The molecule has 2 atom stereocenters. The Morgan fingerprint density at radius 2 is 1.78 bits per heavy atom. The van der Waals surface area contributed by atoms with Crippen molar-refractivity contribution in [2.24, 2.45) is 0 Å². The summed E-state index contributed by atoms with van der Waals surface area (Å²) in [4.78, 5) is 26.7. The van der Waals surface area contributed by atoms with Crippen molar-refractivity contribution in [3.8, 4) is 0 Å². The summed E-state index contributed by atoms with van der Waals surface area (Å²) in [5.41, 5.74) is 2.19. The van der Waals surface area contributed by atoms with Gasteiger partial charge in [0.1, 0.15) is 6.04 Å². The molecular formula is C19H19NO3. The van der Waals surface area contributed by atoms with E-state index in [9.17, 15) is 14.7 Å². The molecule has 0 unspecified atom stereocenters. The van der Waals surface area contributed by atoms with Gasteiger partial charge in [-0.25, -0.2) is 0 Å². The van der Waals surface area contributed by atoms with Crippen LogP contribution in [0.25, 0.3) is 0 Å². The zero-order chi connectivity index (χ0) is 16.4. The third-order valence-corrected chi connectivity index (χ3v) is 4.36. The Balaban J connectivity index is 2.09. The van der Waals surface area contributed by atoms with Gasteiger partial charge in [0.05, 0.1) is 5.69 Å². The van der Waals surface area contributed by atoms with Crippen LogP contribution in [0.1, 0.15) is 35.2 Å². The molecule has 2 aromatic carbocycles. The zero-order valence-electron chi connectivity index (χ0n) is 13.0. The van der Waals surface area contributed by atoms with E-state index in [4.69, 9.17) is 0 Å². The quantitative estimate of drug-likeness (QED) is 0.945. The lowest BCUT2D eigenvalue weighted by Gasteiger charge is -2.30. The van der Waals surface area contributed by atoms with Crippen LogP contribution in [0.5, 0.6) is 0 Å². The SMILES string of the molecule is CC(=O)N1c2ccccc2C(=O)[C@H]1[C@@H](CCO)c1ccccc1. The number of Topliss-reactive ketones (excluding diaryl/α,β-unsaturated/α-hetero) is 1. The van der Waals surface area contributed by atoms with Gasteiger partial charge in [0, 0.05) is 25.0 Å². The molecule has 1 heterocycles. The largest absolute Gasteiger partial charge is 0.396 e. The Bertz CT molecular complexity index is 726. The lowest BCUT2D eigenvalue weighted by atomic mass is 9.86. The van der Waals surface area contributed by atoms with E-state index in [1.165, 1.54) is 6.92 Å². The monoisotopic (exact) mass is 309 g/mol. The third-order valence-electron chi connectivity index (χ3n) is 4.36. The lowest BCUT2D eigenvalue weighted by Crippen LogP contribution is -2.43. The number of hydrogen-bond acceptors (Lipinski definition) is 3. The average Bonchev–Trinajstić information content (AvgIpc) is 2.87. The maximum absolute atomic E-state index is 12.9. The van der Waals surface area contributed by atoms with Crippen LogP contribution in [-0.2, 0) is 4.79 Å². The number of carbonyl (C=O) groups excluding carboxylic acids is 2. The topological polar surface area (TPSA) is 57.6 Å². The van der Waals surface area contributed by atoms with Gasteiger partial charge >= 0.3 is 0 Å². The van der Waals surface area contributed by atoms with Crippen molar-refractivity contribution in [1.82, 2.24) is 0 Å². The fourth-order valence-corrected chi connectivity index (χ4v) is 3.39. The Hall–Kier alpha value is -2.46. The van der Waals surface area contributed by atoms with Gasteiger partial charge in [-0.3, -0.25) is 9.59 Å². The number of amides is 1. The number of ketones is 1. The molecule has 0 fully saturated rings. The summed E-state index contributed by atoms with van der Waals surface area (Å²) in [6.45, 7) is 1.44. The number of carbonyl (C=O) groups is 2. The first-order valence-electron chi connectivity index (χ1n) is 7.74. The number of rotatable bonds is 4. The molecule has 0 aliphatic carbocycles. The molecular weight excluding hydrogens is 290 g/mol. The number of anilines is 1. The summed E-state index contributed by atoms with van der Waals surface area (Å²) in [5.74, 6) is -0.449. The van der Waals surface area contributed by atoms with Crippen molar-refractivity contribution in [2.75, 3.05) is 11.5 Å². The molecule has 1 amide bonds. The Morgan fingerprint density at radius 1 is 1.13 bits per heavy atom. The van der Waals surface area contributed by atoms with Gasteiger partial charge in [0.2, 0.25) is 5.91 Å². The van der Waals surface area contributed by atoms with E-state index >= 15 is 0 Å². The molecule has 4 nitrogen and oxygen atoms in total. The van der Waals surface area contributed by atoms with Crippen molar-refractivity contribution >= 4 is 17.4 Å². The minimum absolute atomic E-state index is 0.0363. The number of para-hydroxylation sites is 1. The highest BCUT2D eigenvalue weighted by atomic mass is 16.3. The van der Waals surface area contributed by atoms with Crippen molar-refractivity contribution in [1.29, 1.82) is 0 Å². The number of fused-ring (bicyclic) bond motifs is 1. The first-order chi connectivity index (χ1) is 11.1. The second kappa shape index (κ2) is 6.34. The molecule has 0 bridgehead atoms. The summed E-state index contributed by atoms with van der Waals surface area (Å²) in [7, 11) is 0. The molecule has 4 heteroatoms. The maximum atomic E-state index is 12.9. The predicted molar refractivity (Wildman–Crippen MR) is 88.6 cm³/mol. The van der Waals surface area contributed by atoms with E-state index in [0.29, 0.717) is 17.7 Å². The Morgan fingerprint density at radius 3 is 2.43 bits per heavy atom. The van der Waals surface area contributed by atoms with Crippen LogP contribution in [0.2, 0.25) is 0 Å². The molecule has 0 saturated heterocycles. The molecule has 0 saturated carbocycles. The van der Waals surface area contributed by atoms with Crippen LogP contribution < -0.4 is 4.90 Å². The number of hydrogen-bond donors (Lipinski definition) is 1.